The molecule has 0 radical (unpaired) electrons. The molecule has 2 amide bonds. The third-order valence-electron chi connectivity index (χ3n) is 4.22. The fourth-order valence-corrected chi connectivity index (χ4v) is 2.93. The Morgan fingerprint density at radius 2 is 2.09 bits per heavy atom. The van der Waals surface area contributed by atoms with Gasteiger partial charge in [0.1, 0.15) is 0 Å². The van der Waals surface area contributed by atoms with Gasteiger partial charge in [0.2, 0.25) is 11.8 Å². The van der Waals surface area contributed by atoms with Crippen molar-refractivity contribution in [2.24, 2.45) is 5.92 Å². The number of rotatable bonds is 4. The van der Waals surface area contributed by atoms with Crippen LogP contribution in [0.15, 0.2) is 24.3 Å². The minimum absolute atomic E-state index is 0. The number of amides is 2. The van der Waals surface area contributed by atoms with Crippen LogP contribution in [0.25, 0.3) is 0 Å². The van der Waals surface area contributed by atoms with Gasteiger partial charge in [-0.05, 0) is 37.1 Å². The number of hydrogen-bond donors (Lipinski definition) is 2. The summed E-state index contributed by atoms with van der Waals surface area (Å²) in [5, 5.41) is 6.18. The van der Waals surface area contributed by atoms with Crippen LogP contribution in [0.4, 0.5) is 5.69 Å². The molecular formula is C16H22ClN3O2. The lowest BCUT2D eigenvalue weighted by atomic mass is 10.1. The Balaban J connectivity index is 0.00000176. The molecule has 22 heavy (non-hydrogen) atoms. The zero-order valence-electron chi connectivity index (χ0n) is 12.5. The predicted molar refractivity (Wildman–Crippen MR) is 88.1 cm³/mol. The van der Waals surface area contributed by atoms with E-state index in [0.717, 1.165) is 43.7 Å². The average Bonchev–Trinajstić information content (AvgIpc) is 3.17. The van der Waals surface area contributed by atoms with Crippen molar-refractivity contribution in [2.75, 3.05) is 24.5 Å². The minimum atomic E-state index is 0. The molecule has 1 aromatic rings. The second-order valence-electron chi connectivity index (χ2n) is 5.72. The Bertz CT molecular complexity index is 527. The maximum Gasteiger partial charge on any atom is 0.227 e. The first-order chi connectivity index (χ1) is 10.2. The van der Waals surface area contributed by atoms with Crippen molar-refractivity contribution in [3.63, 3.8) is 0 Å². The fourth-order valence-electron chi connectivity index (χ4n) is 2.93. The molecule has 5 nitrogen and oxygen atoms in total. The van der Waals surface area contributed by atoms with Crippen LogP contribution in [0.2, 0.25) is 0 Å². The van der Waals surface area contributed by atoms with Gasteiger partial charge < -0.3 is 15.5 Å². The smallest absolute Gasteiger partial charge is 0.227 e. The normalized spacial score (nSPS) is 20.8. The van der Waals surface area contributed by atoms with Crippen LogP contribution in [0.3, 0.4) is 0 Å². The van der Waals surface area contributed by atoms with Gasteiger partial charge in [-0.2, -0.15) is 0 Å². The summed E-state index contributed by atoms with van der Waals surface area (Å²) in [7, 11) is 0. The molecule has 2 N–H and O–H groups in total. The van der Waals surface area contributed by atoms with E-state index in [1.54, 1.807) is 0 Å². The van der Waals surface area contributed by atoms with Crippen LogP contribution in [0, 0.1) is 5.92 Å². The largest absolute Gasteiger partial charge is 0.352 e. The van der Waals surface area contributed by atoms with Crippen LogP contribution >= 0.6 is 12.4 Å². The fraction of sp³-hybridized carbons (Fsp3) is 0.500. The predicted octanol–water partition coefficient (Wildman–Crippen LogP) is 1.46. The van der Waals surface area contributed by atoms with E-state index < -0.39 is 0 Å². The van der Waals surface area contributed by atoms with Gasteiger partial charge >= 0.3 is 0 Å². The van der Waals surface area contributed by atoms with Crippen molar-refractivity contribution in [2.45, 2.75) is 25.8 Å². The van der Waals surface area contributed by atoms with E-state index in [-0.39, 0.29) is 30.1 Å². The van der Waals surface area contributed by atoms with Crippen molar-refractivity contribution in [3.05, 3.63) is 29.8 Å². The van der Waals surface area contributed by atoms with Gasteiger partial charge in [-0.15, -0.1) is 12.4 Å². The summed E-state index contributed by atoms with van der Waals surface area (Å²) >= 11 is 0. The lowest BCUT2D eigenvalue weighted by Gasteiger charge is -2.16. The molecule has 0 aliphatic carbocycles. The molecule has 2 saturated heterocycles. The highest BCUT2D eigenvalue weighted by atomic mass is 35.5. The molecule has 1 aromatic carbocycles. The maximum atomic E-state index is 11.9. The molecule has 6 heteroatoms. The number of halogens is 1. The van der Waals surface area contributed by atoms with Crippen molar-refractivity contribution < 1.29 is 9.59 Å². The second kappa shape index (κ2) is 7.61. The highest BCUT2D eigenvalue weighted by molar-refractivity contribution is 5.95. The van der Waals surface area contributed by atoms with Gasteiger partial charge in [0, 0.05) is 31.7 Å². The van der Waals surface area contributed by atoms with Crippen LogP contribution in [-0.4, -0.2) is 31.4 Å². The SMILES string of the molecule is Cl.O=C(NCc1ccc(N2CCCC2=O)cc1)C1CCNC1. The van der Waals surface area contributed by atoms with E-state index in [9.17, 15) is 9.59 Å². The summed E-state index contributed by atoms with van der Waals surface area (Å²) in [6.45, 7) is 3.06. The Labute approximate surface area is 136 Å². The van der Waals surface area contributed by atoms with Gasteiger partial charge in [0.05, 0.1) is 5.92 Å². The van der Waals surface area contributed by atoms with Gasteiger partial charge in [-0.1, -0.05) is 12.1 Å². The Morgan fingerprint density at radius 3 is 2.68 bits per heavy atom. The summed E-state index contributed by atoms with van der Waals surface area (Å²) in [6.07, 6.45) is 2.50. The van der Waals surface area contributed by atoms with E-state index in [4.69, 9.17) is 0 Å². The quantitative estimate of drug-likeness (QED) is 0.882. The lowest BCUT2D eigenvalue weighted by molar-refractivity contribution is -0.124. The van der Waals surface area contributed by atoms with Crippen molar-refractivity contribution >= 4 is 29.9 Å². The Kier molecular flexibility index (Phi) is 5.80. The summed E-state index contributed by atoms with van der Waals surface area (Å²) in [6, 6.07) is 7.88. The molecule has 1 unspecified atom stereocenters. The van der Waals surface area contributed by atoms with E-state index in [1.165, 1.54) is 0 Å². The van der Waals surface area contributed by atoms with E-state index >= 15 is 0 Å². The van der Waals surface area contributed by atoms with E-state index in [1.807, 2.05) is 29.2 Å². The molecule has 2 aliphatic rings. The second-order valence-corrected chi connectivity index (χ2v) is 5.72. The number of nitrogens with one attached hydrogen (secondary N) is 2. The molecule has 2 heterocycles. The lowest BCUT2D eigenvalue weighted by Crippen LogP contribution is -2.31. The topological polar surface area (TPSA) is 61.4 Å². The number of benzene rings is 1. The molecule has 2 fully saturated rings. The monoisotopic (exact) mass is 323 g/mol. The molecule has 3 rings (SSSR count). The molecule has 0 saturated carbocycles. The maximum absolute atomic E-state index is 11.9. The molecule has 0 spiro atoms. The number of carbonyl (C=O) groups excluding carboxylic acids is 2. The standard InChI is InChI=1S/C16H21N3O2.ClH/c20-15-2-1-9-19(15)14-5-3-12(4-6-14)10-18-16(21)13-7-8-17-11-13;/h3-6,13,17H,1-2,7-11H2,(H,18,21);1H. The average molecular weight is 324 g/mol. The van der Waals surface area contributed by atoms with E-state index in [2.05, 4.69) is 10.6 Å². The molecule has 120 valence electrons. The first kappa shape index (κ1) is 16.8. The van der Waals surface area contributed by atoms with Crippen LogP contribution in [0.1, 0.15) is 24.8 Å². The van der Waals surface area contributed by atoms with Gasteiger partial charge in [-0.3, -0.25) is 9.59 Å². The van der Waals surface area contributed by atoms with Crippen LogP contribution < -0.4 is 15.5 Å². The van der Waals surface area contributed by atoms with E-state index in [0.29, 0.717) is 13.0 Å². The third-order valence-corrected chi connectivity index (χ3v) is 4.22. The zero-order valence-corrected chi connectivity index (χ0v) is 13.3. The minimum Gasteiger partial charge on any atom is -0.352 e. The number of nitrogens with zero attached hydrogens (tertiary/aromatic N) is 1. The highest BCUT2D eigenvalue weighted by Crippen LogP contribution is 2.21. The van der Waals surface area contributed by atoms with Crippen LogP contribution in [-0.2, 0) is 16.1 Å². The summed E-state index contributed by atoms with van der Waals surface area (Å²) in [5.74, 6) is 0.426. The first-order valence-electron chi connectivity index (χ1n) is 7.62. The summed E-state index contributed by atoms with van der Waals surface area (Å²) in [5.41, 5.74) is 2.01. The van der Waals surface area contributed by atoms with Crippen molar-refractivity contribution in [1.29, 1.82) is 0 Å². The number of carbonyl (C=O) groups is 2. The van der Waals surface area contributed by atoms with Crippen LogP contribution in [0.5, 0.6) is 0 Å². The third kappa shape index (κ3) is 3.78. The molecule has 1 atom stereocenters. The van der Waals surface area contributed by atoms with Crippen molar-refractivity contribution in [1.82, 2.24) is 10.6 Å². The number of anilines is 1. The van der Waals surface area contributed by atoms with Crippen molar-refractivity contribution in [3.8, 4) is 0 Å². The molecule has 0 aromatic heterocycles. The Morgan fingerprint density at radius 1 is 1.32 bits per heavy atom. The Hall–Kier alpha value is -1.59. The summed E-state index contributed by atoms with van der Waals surface area (Å²) in [4.78, 5) is 25.4. The molecule has 2 aliphatic heterocycles. The van der Waals surface area contributed by atoms with Gasteiger partial charge in [0.25, 0.3) is 0 Å². The number of hydrogen-bond acceptors (Lipinski definition) is 3. The first-order valence-corrected chi connectivity index (χ1v) is 7.62. The molecular weight excluding hydrogens is 302 g/mol. The molecule has 0 bridgehead atoms. The zero-order chi connectivity index (χ0) is 14.7. The highest BCUT2D eigenvalue weighted by Gasteiger charge is 2.22. The van der Waals surface area contributed by atoms with Gasteiger partial charge in [-0.25, -0.2) is 0 Å². The van der Waals surface area contributed by atoms with Gasteiger partial charge in [0.15, 0.2) is 0 Å². The summed E-state index contributed by atoms with van der Waals surface area (Å²) < 4.78 is 0.